The van der Waals surface area contributed by atoms with E-state index in [0.29, 0.717) is 11.5 Å². The first-order valence-corrected chi connectivity index (χ1v) is 6.73. The first-order chi connectivity index (χ1) is 7.79. The highest BCUT2D eigenvalue weighted by molar-refractivity contribution is 7.85. The van der Waals surface area contributed by atoms with Gasteiger partial charge in [-0.2, -0.15) is 0 Å². The molecule has 0 aliphatic rings. The third-order valence-corrected chi connectivity index (χ3v) is 3.79. The monoisotopic (exact) mass is 242 g/mol. The minimum Gasteiger partial charge on any atom is -0.495 e. The number of methoxy groups -OCH3 is 1. The lowest BCUT2D eigenvalue weighted by Gasteiger charge is -2.07. The first kappa shape index (κ1) is 13.2. The Morgan fingerprint density at radius 3 is 2.69 bits per heavy atom. The van der Waals surface area contributed by atoms with Gasteiger partial charge in [-0.1, -0.05) is 18.6 Å². The zero-order valence-corrected chi connectivity index (χ0v) is 10.3. The van der Waals surface area contributed by atoms with Crippen LogP contribution in [0.5, 0.6) is 5.75 Å². The molecule has 0 saturated carbocycles. The fourth-order valence-electron chi connectivity index (χ4n) is 1.44. The molecule has 1 rings (SSSR count). The number of aliphatic hydroxyl groups is 1. The maximum atomic E-state index is 12.0. The van der Waals surface area contributed by atoms with Gasteiger partial charge < -0.3 is 9.84 Å². The molecule has 1 aromatic rings. The Morgan fingerprint density at radius 2 is 2.00 bits per heavy atom. The van der Waals surface area contributed by atoms with E-state index < -0.39 is 10.8 Å². The molecule has 0 aromatic heterocycles. The van der Waals surface area contributed by atoms with Crippen molar-refractivity contribution in [3.8, 4) is 5.75 Å². The van der Waals surface area contributed by atoms with E-state index in [4.69, 9.17) is 9.84 Å². The van der Waals surface area contributed by atoms with E-state index in [2.05, 4.69) is 0 Å². The second-order valence-electron chi connectivity index (χ2n) is 3.48. The van der Waals surface area contributed by atoms with Gasteiger partial charge in [-0.3, -0.25) is 4.21 Å². The zero-order valence-electron chi connectivity index (χ0n) is 9.52. The van der Waals surface area contributed by atoms with Crippen molar-refractivity contribution < 1.29 is 14.1 Å². The molecule has 0 aliphatic heterocycles. The Balaban J connectivity index is 2.52. The number of aliphatic hydroxyl groups excluding tert-OH is 1. The highest BCUT2D eigenvalue weighted by Gasteiger charge is 2.08. The number of hydrogen-bond acceptors (Lipinski definition) is 3. The Morgan fingerprint density at radius 1 is 1.25 bits per heavy atom. The normalized spacial score (nSPS) is 12.4. The maximum Gasteiger partial charge on any atom is 0.134 e. The van der Waals surface area contributed by atoms with Crippen molar-refractivity contribution in [3.05, 3.63) is 24.3 Å². The number of rotatable bonds is 7. The van der Waals surface area contributed by atoms with Crippen LogP contribution in [-0.2, 0) is 10.8 Å². The molecule has 1 aromatic carbocycles. The van der Waals surface area contributed by atoms with Crippen LogP contribution in [0.4, 0.5) is 0 Å². The van der Waals surface area contributed by atoms with Gasteiger partial charge in [0.15, 0.2) is 0 Å². The Labute approximate surface area is 98.9 Å². The molecule has 0 bridgehead atoms. The van der Waals surface area contributed by atoms with Gasteiger partial charge in [0, 0.05) is 12.4 Å². The number of benzene rings is 1. The predicted octanol–water partition coefficient (Wildman–Crippen LogP) is 1.97. The molecule has 1 unspecified atom stereocenters. The van der Waals surface area contributed by atoms with E-state index in [1.165, 1.54) is 0 Å². The second-order valence-corrected chi connectivity index (χ2v) is 5.02. The molecule has 0 fully saturated rings. The molecular weight excluding hydrogens is 224 g/mol. The summed E-state index contributed by atoms with van der Waals surface area (Å²) in [5.74, 6) is 1.31. The summed E-state index contributed by atoms with van der Waals surface area (Å²) < 4.78 is 17.1. The summed E-state index contributed by atoms with van der Waals surface area (Å²) in [7, 11) is 0.580. The summed E-state index contributed by atoms with van der Waals surface area (Å²) in [6.45, 7) is 0.210. The highest BCUT2D eigenvalue weighted by atomic mass is 32.2. The van der Waals surface area contributed by atoms with Gasteiger partial charge in [-0.05, 0) is 25.0 Å². The molecule has 4 heteroatoms. The second kappa shape index (κ2) is 7.41. The third-order valence-electron chi connectivity index (χ3n) is 2.30. The van der Waals surface area contributed by atoms with Crippen molar-refractivity contribution in [2.24, 2.45) is 0 Å². The van der Waals surface area contributed by atoms with Crippen molar-refractivity contribution in [1.29, 1.82) is 0 Å². The van der Waals surface area contributed by atoms with E-state index in [1.54, 1.807) is 7.11 Å². The van der Waals surface area contributed by atoms with Gasteiger partial charge in [0.05, 0.1) is 22.8 Å². The fraction of sp³-hybridized carbons (Fsp3) is 0.500. The molecule has 0 radical (unpaired) electrons. The van der Waals surface area contributed by atoms with Crippen LogP contribution in [0.2, 0.25) is 0 Å². The molecule has 0 heterocycles. The molecule has 0 spiro atoms. The third kappa shape index (κ3) is 3.94. The van der Waals surface area contributed by atoms with Crippen LogP contribution in [0.3, 0.4) is 0 Å². The van der Waals surface area contributed by atoms with Gasteiger partial charge >= 0.3 is 0 Å². The molecular formula is C12H18O3S. The molecule has 1 N–H and O–H groups in total. The lowest BCUT2D eigenvalue weighted by atomic mass is 10.3. The van der Waals surface area contributed by atoms with Gasteiger partial charge in [-0.15, -0.1) is 0 Å². The van der Waals surface area contributed by atoms with Gasteiger partial charge in [-0.25, -0.2) is 0 Å². The largest absolute Gasteiger partial charge is 0.495 e. The maximum absolute atomic E-state index is 12.0. The minimum atomic E-state index is -1.00. The van der Waals surface area contributed by atoms with Crippen molar-refractivity contribution in [1.82, 2.24) is 0 Å². The summed E-state index contributed by atoms with van der Waals surface area (Å²) in [6, 6.07) is 7.39. The lowest BCUT2D eigenvalue weighted by Crippen LogP contribution is -2.01. The van der Waals surface area contributed by atoms with Crippen LogP contribution in [-0.4, -0.2) is 28.8 Å². The molecule has 0 amide bonds. The molecule has 0 aliphatic carbocycles. The number of unbranched alkanes of at least 4 members (excludes halogenated alkanes) is 2. The summed E-state index contributed by atoms with van der Waals surface area (Å²) in [6.07, 6.45) is 2.56. The van der Waals surface area contributed by atoms with E-state index in [1.807, 2.05) is 24.3 Å². The molecule has 1 atom stereocenters. The van der Waals surface area contributed by atoms with E-state index in [0.717, 1.165) is 24.2 Å². The zero-order chi connectivity index (χ0) is 11.8. The van der Waals surface area contributed by atoms with Crippen LogP contribution in [0.25, 0.3) is 0 Å². The summed E-state index contributed by atoms with van der Waals surface area (Å²) in [4.78, 5) is 0.758. The Kier molecular flexibility index (Phi) is 6.11. The predicted molar refractivity (Wildman–Crippen MR) is 65.2 cm³/mol. The van der Waals surface area contributed by atoms with Crippen LogP contribution >= 0.6 is 0 Å². The smallest absolute Gasteiger partial charge is 0.134 e. The summed E-state index contributed by atoms with van der Waals surface area (Å²) in [5.41, 5.74) is 0. The standard InChI is InChI=1S/C12H18O3S/c1-15-11-7-3-4-8-12(11)16(14)10-6-2-5-9-13/h3-4,7-8,13H,2,5-6,9-10H2,1H3. The van der Waals surface area contributed by atoms with Crippen LogP contribution in [0.15, 0.2) is 29.2 Å². The highest BCUT2D eigenvalue weighted by Crippen LogP contribution is 2.21. The van der Waals surface area contributed by atoms with Crippen molar-refractivity contribution >= 4 is 10.8 Å². The molecule has 90 valence electrons. The first-order valence-electron chi connectivity index (χ1n) is 5.42. The van der Waals surface area contributed by atoms with Crippen molar-refractivity contribution in [2.45, 2.75) is 24.2 Å². The Hall–Kier alpha value is -0.870. The van der Waals surface area contributed by atoms with Crippen molar-refractivity contribution in [2.75, 3.05) is 19.5 Å². The average Bonchev–Trinajstić information content (AvgIpc) is 2.34. The van der Waals surface area contributed by atoms with E-state index in [9.17, 15) is 4.21 Å². The van der Waals surface area contributed by atoms with E-state index >= 15 is 0 Å². The minimum absolute atomic E-state index is 0.210. The summed E-state index contributed by atoms with van der Waals surface area (Å²) >= 11 is 0. The Bertz CT molecular complexity index is 339. The molecule has 3 nitrogen and oxygen atoms in total. The molecule has 0 saturated heterocycles. The van der Waals surface area contributed by atoms with Gasteiger partial charge in [0.1, 0.15) is 5.75 Å². The summed E-state index contributed by atoms with van der Waals surface area (Å²) in [5, 5.41) is 8.63. The van der Waals surface area contributed by atoms with Crippen molar-refractivity contribution in [3.63, 3.8) is 0 Å². The fourth-order valence-corrected chi connectivity index (χ4v) is 2.73. The van der Waals surface area contributed by atoms with Crippen LogP contribution < -0.4 is 4.74 Å². The quantitative estimate of drug-likeness (QED) is 0.744. The van der Waals surface area contributed by atoms with Gasteiger partial charge in [0.2, 0.25) is 0 Å². The van der Waals surface area contributed by atoms with Crippen LogP contribution in [0.1, 0.15) is 19.3 Å². The number of ether oxygens (including phenoxy) is 1. The number of para-hydroxylation sites is 1. The lowest BCUT2D eigenvalue weighted by molar-refractivity contribution is 0.284. The van der Waals surface area contributed by atoms with Crippen LogP contribution in [0, 0.1) is 0 Å². The van der Waals surface area contributed by atoms with E-state index in [-0.39, 0.29) is 6.61 Å². The topological polar surface area (TPSA) is 46.5 Å². The SMILES string of the molecule is COc1ccccc1S(=O)CCCCCO. The van der Waals surface area contributed by atoms with Gasteiger partial charge in [0.25, 0.3) is 0 Å². The average molecular weight is 242 g/mol. The molecule has 16 heavy (non-hydrogen) atoms. The number of hydrogen-bond donors (Lipinski definition) is 1.